The molecular weight excluding hydrogens is 264 g/mol. The van der Waals surface area contributed by atoms with E-state index >= 15 is 0 Å². The van der Waals surface area contributed by atoms with Gasteiger partial charge in [-0.15, -0.1) is 0 Å². The summed E-state index contributed by atoms with van der Waals surface area (Å²) in [6, 6.07) is 0. The van der Waals surface area contributed by atoms with Gasteiger partial charge in [0.05, 0.1) is 5.76 Å². The topological polar surface area (TPSA) is 54.4 Å². The number of unbranched alkanes of at least 4 members (excludes halogenated alkanes) is 8. The summed E-state index contributed by atoms with van der Waals surface area (Å²) in [7, 11) is 0. The van der Waals surface area contributed by atoms with Crippen LogP contribution < -0.4 is 0 Å². The van der Waals surface area contributed by atoms with Gasteiger partial charge in [0.2, 0.25) is 0 Å². The number of ketones is 2. The average molecular weight is 294 g/mol. The minimum absolute atomic E-state index is 0.0389. The van der Waals surface area contributed by atoms with Gasteiger partial charge in [-0.05, 0) is 6.42 Å². The van der Waals surface area contributed by atoms with Crippen molar-refractivity contribution < 1.29 is 14.7 Å². The number of hydrogen-bond acceptors (Lipinski definition) is 3. The van der Waals surface area contributed by atoms with Gasteiger partial charge in [0.1, 0.15) is 5.78 Å². The van der Waals surface area contributed by atoms with Gasteiger partial charge in [0, 0.05) is 31.3 Å². The van der Waals surface area contributed by atoms with Crippen LogP contribution in [0, 0.1) is 0 Å². The predicted molar refractivity (Wildman–Crippen MR) is 85.4 cm³/mol. The van der Waals surface area contributed by atoms with Gasteiger partial charge in [-0.3, -0.25) is 9.59 Å². The van der Waals surface area contributed by atoms with Crippen molar-refractivity contribution >= 4 is 11.6 Å². The molecule has 0 spiro atoms. The number of aliphatic hydroxyl groups excluding tert-OH is 1. The van der Waals surface area contributed by atoms with E-state index in [1.165, 1.54) is 44.9 Å². The second-order valence-corrected chi connectivity index (χ2v) is 6.14. The van der Waals surface area contributed by atoms with Crippen molar-refractivity contribution in [3.8, 4) is 0 Å². The van der Waals surface area contributed by atoms with E-state index in [0.29, 0.717) is 18.4 Å². The lowest BCUT2D eigenvalue weighted by Crippen LogP contribution is -2.18. The van der Waals surface area contributed by atoms with Crippen molar-refractivity contribution in [2.45, 2.75) is 90.4 Å². The van der Waals surface area contributed by atoms with Crippen molar-refractivity contribution in [2.75, 3.05) is 0 Å². The van der Waals surface area contributed by atoms with Crippen LogP contribution in [-0.4, -0.2) is 16.7 Å². The molecule has 0 atom stereocenters. The van der Waals surface area contributed by atoms with E-state index in [1.807, 2.05) is 0 Å². The van der Waals surface area contributed by atoms with Crippen LogP contribution in [0.15, 0.2) is 11.3 Å². The Bertz CT molecular complexity index is 369. The monoisotopic (exact) mass is 294 g/mol. The Hall–Kier alpha value is -1.12. The maximum Gasteiger partial charge on any atom is 0.163 e. The number of carbonyl (C=O) groups excluding carboxylic acids is 2. The molecule has 0 aromatic heterocycles. The number of carbonyl (C=O) groups is 2. The minimum atomic E-state index is -0.0389. The molecule has 1 aliphatic carbocycles. The molecule has 3 heteroatoms. The smallest absolute Gasteiger partial charge is 0.163 e. The van der Waals surface area contributed by atoms with Crippen molar-refractivity contribution in [3.63, 3.8) is 0 Å². The molecule has 21 heavy (non-hydrogen) atoms. The Kier molecular flexibility index (Phi) is 9.04. The van der Waals surface area contributed by atoms with E-state index in [4.69, 9.17) is 0 Å². The molecule has 0 heterocycles. The number of rotatable bonds is 10. The van der Waals surface area contributed by atoms with Crippen LogP contribution in [0.5, 0.6) is 0 Å². The standard InChI is InChI=1S/C18H30O3/c1-2-3-4-5-6-7-8-9-10-11-17(20)16-14-15(19)12-13-18(16)21/h20H,2-14H2,1H3/b17-16-. The first-order valence-corrected chi connectivity index (χ1v) is 8.61. The minimum Gasteiger partial charge on any atom is -0.512 e. The van der Waals surface area contributed by atoms with Crippen LogP contribution in [0.4, 0.5) is 0 Å². The number of hydrogen-bond donors (Lipinski definition) is 1. The Balaban J connectivity index is 2.11. The van der Waals surface area contributed by atoms with Crippen molar-refractivity contribution in [3.05, 3.63) is 11.3 Å². The molecule has 0 amide bonds. The summed E-state index contributed by atoms with van der Waals surface area (Å²) in [6.45, 7) is 2.23. The SMILES string of the molecule is CCCCCCCCCCC/C(O)=C1\CC(=O)CCC1=O. The summed E-state index contributed by atoms with van der Waals surface area (Å²) in [4.78, 5) is 23.0. The first-order chi connectivity index (χ1) is 10.1. The molecule has 120 valence electrons. The third-order valence-corrected chi connectivity index (χ3v) is 4.21. The Labute approximate surface area is 128 Å². The highest BCUT2D eigenvalue weighted by molar-refractivity contribution is 6.05. The maximum atomic E-state index is 11.7. The highest BCUT2D eigenvalue weighted by atomic mass is 16.3. The van der Waals surface area contributed by atoms with Crippen molar-refractivity contribution in [1.29, 1.82) is 0 Å². The average Bonchev–Trinajstić information content (AvgIpc) is 2.48. The first-order valence-electron chi connectivity index (χ1n) is 8.61. The second-order valence-electron chi connectivity index (χ2n) is 6.14. The molecule has 0 saturated heterocycles. The molecule has 0 unspecified atom stereocenters. The predicted octanol–water partition coefficient (Wildman–Crippen LogP) is 5.04. The zero-order chi connectivity index (χ0) is 15.5. The third-order valence-electron chi connectivity index (χ3n) is 4.21. The van der Waals surface area contributed by atoms with Gasteiger partial charge in [-0.25, -0.2) is 0 Å². The zero-order valence-electron chi connectivity index (χ0n) is 13.5. The molecule has 0 radical (unpaired) electrons. The third kappa shape index (κ3) is 7.45. The summed E-state index contributed by atoms with van der Waals surface area (Å²) in [6.07, 6.45) is 12.4. The van der Waals surface area contributed by atoms with Gasteiger partial charge >= 0.3 is 0 Å². The second kappa shape index (κ2) is 10.6. The molecule has 1 fully saturated rings. The molecule has 3 nitrogen and oxygen atoms in total. The lowest BCUT2D eigenvalue weighted by molar-refractivity contribution is -0.125. The molecule has 0 aliphatic heterocycles. The summed E-state index contributed by atoms with van der Waals surface area (Å²) in [5.74, 6) is 0.197. The van der Waals surface area contributed by atoms with Crippen LogP contribution in [0.2, 0.25) is 0 Å². The van der Waals surface area contributed by atoms with E-state index < -0.39 is 0 Å². The van der Waals surface area contributed by atoms with Crippen LogP contribution in [-0.2, 0) is 9.59 Å². The Morgan fingerprint density at radius 3 is 2.10 bits per heavy atom. The molecule has 1 aliphatic rings. The molecule has 0 bridgehead atoms. The van der Waals surface area contributed by atoms with Crippen molar-refractivity contribution in [1.82, 2.24) is 0 Å². The lowest BCUT2D eigenvalue weighted by Gasteiger charge is -2.14. The summed E-state index contributed by atoms with van der Waals surface area (Å²) < 4.78 is 0. The first kappa shape index (κ1) is 17.9. The zero-order valence-corrected chi connectivity index (χ0v) is 13.5. The largest absolute Gasteiger partial charge is 0.512 e. The van der Waals surface area contributed by atoms with Crippen LogP contribution in [0.1, 0.15) is 90.4 Å². The number of Topliss-reactive ketones (excluding diaryl/α,β-unsaturated/α-hetero) is 2. The molecule has 1 N–H and O–H groups in total. The van der Waals surface area contributed by atoms with E-state index in [9.17, 15) is 14.7 Å². The quantitative estimate of drug-likeness (QED) is 0.349. The molecule has 0 aromatic carbocycles. The van der Waals surface area contributed by atoms with Gasteiger partial charge in [0.25, 0.3) is 0 Å². The van der Waals surface area contributed by atoms with Crippen LogP contribution in [0.3, 0.4) is 0 Å². The highest BCUT2D eigenvalue weighted by Gasteiger charge is 2.23. The highest BCUT2D eigenvalue weighted by Crippen LogP contribution is 2.22. The fourth-order valence-corrected chi connectivity index (χ4v) is 2.80. The van der Waals surface area contributed by atoms with Gasteiger partial charge in [0.15, 0.2) is 5.78 Å². The van der Waals surface area contributed by atoms with E-state index in [2.05, 4.69) is 6.92 Å². The number of aliphatic hydroxyl groups is 1. The Morgan fingerprint density at radius 2 is 1.48 bits per heavy atom. The van der Waals surface area contributed by atoms with Crippen LogP contribution in [0.25, 0.3) is 0 Å². The van der Waals surface area contributed by atoms with Gasteiger partial charge in [-0.1, -0.05) is 58.3 Å². The fraction of sp³-hybridized carbons (Fsp3) is 0.778. The van der Waals surface area contributed by atoms with Crippen molar-refractivity contribution in [2.24, 2.45) is 0 Å². The summed E-state index contributed by atoms with van der Waals surface area (Å²) in [5.41, 5.74) is 0.380. The van der Waals surface area contributed by atoms with Crippen LogP contribution >= 0.6 is 0 Å². The molecular formula is C18H30O3. The summed E-state index contributed by atoms with van der Waals surface area (Å²) in [5, 5.41) is 9.97. The Morgan fingerprint density at radius 1 is 0.905 bits per heavy atom. The molecule has 0 aromatic rings. The maximum absolute atomic E-state index is 11.7. The lowest BCUT2D eigenvalue weighted by atomic mass is 9.90. The van der Waals surface area contributed by atoms with Gasteiger partial charge in [-0.2, -0.15) is 0 Å². The van der Waals surface area contributed by atoms with Gasteiger partial charge < -0.3 is 5.11 Å². The normalized spacial score (nSPS) is 18.1. The fourth-order valence-electron chi connectivity index (χ4n) is 2.80. The van der Waals surface area contributed by atoms with E-state index in [-0.39, 0.29) is 30.2 Å². The van der Waals surface area contributed by atoms with E-state index in [1.54, 1.807) is 0 Å². The molecule has 1 saturated carbocycles. The number of allylic oxidation sites excluding steroid dienone is 2. The molecule has 1 rings (SSSR count). The van der Waals surface area contributed by atoms with E-state index in [0.717, 1.165) is 12.8 Å². The summed E-state index contributed by atoms with van der Waals surface area (Å²) >= 11 is 0.